The van der Waals surface area contributed by atoms with Crippen LogP contribution in [0, 0.1) is 3.83 Å². The topological polar surface area (TPSA) is 64.3 Å². The first-order chi connectivity index (χ1) is 9.45. The summed E-state index contributed by atoms with van der Waals surface area (Å²) in [6, 6.07) is 12.5. The maximum atomic E-state index is 11.6. The highest BCUT2D eigenvalue weighted by molar-refractivity contribution is 14.1. The fourth-order valence-electron chi connectivity index (χ4n) is 1.98. The van der Waals surface area contributed by atoms with E-state index in [-0.39, 0.29) is 0 Å². The minimum Gasteiger partial charge on any atom is -0.224 e. The number of pyridine rings is 1. The molecule has 0 aliphatic heterocycles. The van der Waals surface area contributed by atoms with Gasteiger partial charge < -0.3 is 0 Å². The number of fused-ring (bicyclic) bond motifs is 1. The molecule has 7 heteroatoms. The second-order valence-corrected chi connectivity index (χ2v) is 7.34. The van der Waals surface area contributed by atoms with E-state index in [4.69, 9.17) is 0 Å². The lowest BCUT2D eigenvalue weighted by molar-refractivity contribution is 0.602. The Balaban J connectivity index is 2.26. The van der Waals surface area contributed by atoms with E-state index >= 15 is 0 Å². The molecule has 0 atom stereocenters. The average molecular weight is 399 g/mol. The molecule has 20 heavy (non-hydrogen) atoms. The molecule has 0 unspecified atom stereocenters. The van der Waals surface area contributed by atoms with Gasteiger partial charge in [0.05, 0.1) is 10.6 Å². The molecule has 0 radical (unpaired) electrons. The molecule has 102 valence electrons. The fraction of sp³-hybridized carbons (Fsp3) is 0.0769. The van der Waals surface area contributed by atoms with Crippen LogP contribution in [0.2, 0.25) is 0 Å². The Morgan fingerprint density at radius 1 is 1.15 bits per heavy atom. The third kappa shape index (κ3) is 2.42. The largest absolute Gasteiger partial charge is 0.224 e. The fourth-order valence-corrected chi connectivity index (χ4v) is 3.11. The number of hydrogen-bond donors (Lipinski definition) is 0. The van der Waals surface area contributed by atoms with Gasteiger partial charge in [0.15, 0.2) is 15.5 Å². The molecule has 2 heterocycles. The van der Waals surface area contributed by atoms with Crippen molar-refractivity contribution in [2.45, 2.75) is 4.90 Å². The van der Waals surface area contributed by atoms with Crippen molar-refractivity contribution in [2.75, 3.05) is 6.26 Å². The molecule has 0 saturated carbocycles. The molecule has 1 aromatic carbocycles. The first-order valence-corrected chi connectivity index (χ1v) is 8.74. The lowest BCUT2D eigenvalue weighted by Gasteiger charge is -2.06. The molecule has 0 aliphatic rings. The molecule has 0 N–H and O–H groups in total. The van der Waals surface area contributed by atoms with E-state index < -0.39 is 9.84 Å². The van der Waals surface area contributed by atoms with Crippen LogP contribution in [-0.4, -0.2) is 29.3 Å². The summed E-state index contributed by atoms with van der Waals surface area (Å²) in [6.07, 6.45) is 1.20. The van der Waals surface area contributed by atoms with E-state index in [9.17, 15) is 8.42 Å². The van der Waals surface area contributed by atoms with Gasteiger partial charge in [-0.15, -0.1) is 5.10 Å². The molecule has 3 rings (SSSR count). The van der Waals surface area contributed by atoms with Crippen molar-refractivity contribution in [2.24, 2.45) is 0 Å². The number of nitrogens with zero attached hydrogens (tertiary/aromatic N) is 3. The summed E-state index contributed by atoms with van der Waals surface area (Å²) in [5, 5.41) is 4.32. The monoisotopic (exact) mass is 399 g/mol. The first-order valence-electron chi connectivity index (χ1n) is 5.77. The van der Waals surface area contributed by atoms with E-state index in [1.165, 1.54) is 6.26 Å². The van der Waals surface area contributed by atoms with Crippen molar-refractivity contribution in [1.29, 1.82) is 0 Å². The van der Waals surface area contributed by atoms with Crippen molar-refractivity contribution in [3.63, 3.8) is 0 Å². The number of hydrogen-bond acceptors (Lipinski definition) is 4. The highest BCUT2D eigenvalue weighted by Gasteiger charge is 2.11. The van der Waals surface area contributed by atoms with Crippen LogP contribution in [0.4, 0.5) is 0 Å². The van der Waals surface area contributed by atoms with Crippen molar-refractivity contribution >= 4 is 38.1 Å². The zero-order chi connectivity index (χ0) is 14.3. The van der Waals surface area contributed by atoms with Gasteiger partial charge in [-0.05, 0) is 24.3 Å². The predicted octanol–water partition coefficient (Wildman–Crippen LogP) is 2.40. The Morgan fingerprint density at radius 3 is 2.65 bits per heavy atom. The normalized spacial score (nSPS) is 11.9. The Kier molecular flexibility index (Phi) is 3.25. The molecule has 0 aliphatic carbocycles. The average Bonchev–Trinajstić information content (AvgIpc) is 2.77. The third-order valence-corrected chi connectivity index (χ3v) is 4.46. The highest BCUT2D eigenvalue weighted by Crippen LogP contribution is 2.23. The summed E-state index contributed by atoms with van der Waals surface area (Å²) >= 11 is 2.05. The van der Waals surface area contributed by atoms with Crippen LogP contribution in [0.5, 0.6) is 0 Å². The predicted molar refractivity (Wildman–Crippen MR) is 84.2 cm³/mol. The molecule has 0 spiro atoms. The van der Waals surface area contributed by atoms with Crippen LogP contribution in [0.3, 0.4) is 0 Å². The van der Waals surface area contributed by atoms with Gasteiger partial charge in [0, 0.05) is 34.4 Å². The number of aromatic nitrogens is 3. The van der Waals surface area contributed by atoms with Gasteiger partial charge in [-0.1, -0.05) is 18.2 Å². The molecule has 0 fully saturated rings. The lowest BCUT2D eigenvalue weighted by Crippen LogP contribution is -1.98. The minimum atomic E-state index is -3.23. The Bertz CT molecular complexity index is 903. The van der Waals surface area contributed by atoms with Crippen LogP contribution in [0.15, 0.2) is 47.4 Å². The first kappa shape index (κ1) is 13.5. The van der Waals surface area contributed by atoms with Crippen LogP contribution in [0.25, 0.3) is 16.9 Å². The van der Waals surface area contributed by atoms with Gasteiger partial charge in [0.25, 0.3) is 0 Å². The quantitative estimate of drug-likeness (QED) is 0.621. The maximum absolute atomic E-state index is 11.6. The number of halogens is 1. The summed E-state index contributed by atoms with van der Waals surface area (Å²) in [5.41, 5.74) is 2.33. The van der Waals surface area contributed by atoms with E-state index in [1.54, 1.807) is 22.7 Å². The van der Waals surface area contributed by atoms with Gasteiger partial charge in [-0.25, -0.2) is 17.9 Å². The van der Waals surface area contributed by atoms with Crippen LogP contribution in [-0.2, 0) is 9.84 Å². The molecular formula is C13H10IN3O2S. The van der Waals surface area contributed by atoms with Gasteiger partial charge in [0.2, 0.25) is 3.83 Å². The van der Waals surface area contributed by atoms with Crippen molar-refractivity contribution < 1.29 is 8.42 Å². The smallest absolute Gasteiger partial charge is 0.212 e. The molecule has 0 amide bonds. The molecule has 0 saturated heterocycles. The molecule has 3 aromatic rings. The van der Waals surface area contributed by atoms with Gasteiger partial charge in [-0.3, -0.25) is 0 Å². The van der Waals surface area contributed by atoms with Crippen molar-refractivity contribution in [3.8, 4) is 11.3 Å². The summed E-state index contributed by atoms with van der Waals surface area (Å²) in [6.45, 7) is 0. The van der Waals surface area contributed by atoms with Gasteiger partial charge in [0.1, 0.15) is 0 Å². The molecular weight excluding hydrogens is 389 g/mol. The number of rotatable bonds is 2. The summed E-state index contributed by atoms with van der Waals surface area (Å²) in [4.78, 5) is 4.58. The highest BCUT2D eigenvalue weighted by atomic mass is 127. The van der Waals surface area contributed by atoms with Crippen molar-refractivity contribution in [1.82, 2.24) is 14.6 Å². The SMILES string of the molecule is CS(=O)(=O)c1cccc(-c2cccc3nc(I)nn23)c1. The standard InChI is InChI=1S/C13H10IN3O2S/c1-20(18,19)10-5-2-4-9(8-10)11-6-3-7-12-15-13(14)16-17(11)12/h2-8H,1H3. The Hall–Kier alpha value is -1.48. The number of benzene rings is 1. The zero-order valence-electron chi connectivity index (χ0n) is 10.5. The van der Waals surface area contributed by atoms with Gasteiger partial charge >= 0.3 is 0 Å². The van der Waals surface area contributed by atoms with Crippen LogP contribution in [0.1, 0.15) is 0 Å². The second-order valence-electron chi connectivity index (χ2n) is 4.36. The number of sulfone groups is 1. The Labute approximate surface area is 129 Å². The maximum Gasteiger partial charge on any atom is 0.212 e. The van der Waals surface area contributed by atoms with E-state index in [0.29, 0.717) is 8.73 Å². The second kappa shape index (κ2) is 4.81. The summed E-state index contributed by atoms with van der Waals surface area (Å²) in [7, 11) is -3.23. The van der Waals surface area contributed by atoms with Crippen LogP contribution >= 0.6 is 22.6 Å². The Morgan fingerprint density at radius 2 is 1.90 bits per heavy atom. The lowest BCUT2D eigenvalue weighted by atomic mass is 10.1. The summed E-state index contributed by atoms with van der Waals surface area (Å²) in [5.74, 6) is 0. The molecule has 2 aromatic heterocycles. The molecule has 0 bridgehead atoms. The third-order valence-electron chi connectivity index (χ3n) is 2.89. The van der Waals surface area contributed by atoms with Gasteiger partial charge in [-0.2, -0.15) is 0 Å². The van der Waals surface area contributed by atoms with Crippen molar-refractivity contribution in [3.05, 3.63) is 46.3 Å². The summed E-state index contributed by atoms with van der Waals surface area (Å²) < 4.78 is 25.7. The molecule has 5 nitrogen and oxygen atoms in total. The van der Waals surface area contributed by atoms with E-state index in [0.717, 1.165) is 16.9 Å². The van der Waals surface area contributed by atoms with E-state index in [1.807, 2.05) is 46.9 Å². The van der Waals surface area contributed by atoms with E-state index in [2.05, 4.69) is 10.1 Å². The zero-order valence-corrected chi connectivity index (χ0v) is 13.5. The minimum absolute atomic E-state index is 0.293. The van der Waals surface area contributed by atoms with Crippen LogP contribution < -0.4 is 0 Å².